The molecule has 3 rings (SSSR count). The number of nitrogens with zero attached hydrogens (tertiary/aromatic N) is 2. The van der Waals surface area contributed by atoms with Crippen molar-refractivity contribution in [2.75, 3.05) is 25.1 Å². The van der Waals surface area contributed by atoms with E-state index >= 15 is 0 Å². The molecule has 1 amide bonds. The van der Waals surface area contributed by atoms with Crippen molar-refractivity contribution >= 4 is 11.6 Å². The highest BCUT2D eigenvalue weighted by atomic mass is 16.5. The number of aromatic nitrogens is 1. The van der Waals surface area contributed by atoms with E-state index in [9.17, 15) is 4.79 Å². The standard InChI is InChI=1S/C19H19N3O3/c20-12-14-1-3-17(4-2-14)22-19(23)16-5-8-21-18(11-16)25-13-15-6-9-24-10-7-15/h1-5,8,11,15H,6-7,9-10,13H2,(H,22,23). The number of benzene rings is 1. The Morgan fingerprint density at radius 1 is 1.28 bits per heavy atom. The van der Waals surface area contributed by atoms with Gasteiger partial charge in [-0.2, -0.15) is 5.26 Å². The van der Waals surface area contributed by atoms with Crippen LogP contribution < -0.4 is 10.1 Å². The summed E-state index contributed by atoms with van der Waals surface area (Å²) in [4.78, 5) is 16.5. The van der Waals surface area contributed by atoms with Crippen LogP contribution in [-0.4, -0.2) is 30.7 Å². The Bertz CT molecular complexity index is 762. The fraction of sp³-hybridized carbons (Fsp3) is 0.316. The molecule has 128 valence electrons. The molecule has 0 atom stereocenters. The van der Waals surface area contributed by atoms with Gasteiger partial charge in [0.2, 0.25) is 5.88 Å². The second-order valence-electron chi connectivity index (χ2n) is 5.89. The lowest BCUT2D eigenvalue weighted by atomic mass is 10.0. The third-order valence-corrected chi connectivity index (χ3v) is 4.08. The summed E-state index contributed by atoms with van der Waals surface area (Å²) in [6.45, 7) is 2.13. The Hall–Kier alpha value is -2.91. The highest BCUT2D eigenvalue weighted by molar-refractivity contribution is 6.04. The molecule has 0 unspecified atom stereocenters. The van der Waals surface area contributed by atoms with Gasteiger partial charge in [-0.25, -0.2) is 4.98 Å². The summed E-state index contributed by atoms with van der Waals surface area (Å²) in [7, 11) is 0. The van der Waals surface area contributed by atoms with Crippen molar-refractivity contribution in [2.45, 2.75) is 12.8 Å². The van der Waals surface area contributed by atoms with E-state index in [1.54, 1.807) is 42.6 Å². The number of nitriles is 1. The molecule has 1 N–H and O–H groups in total. The molecule has 1 aromatic carbocycles. The van der Waals surface area contributed by atoms with Gasteiger partial charge < -0.3 is 14.8 Å². The molecule has 1 aliphatic rings. The Balaban J connectivity index is 1.59. The van der Waals surface area contributed by atoms with E-state index in [-0.39, 0.29) is 5.91 Å². The van der Waals surface area contributed by atoms with Gasteiger partial charge in [0.15, 0.2) is 0 Å². The van der Waals surface area contributed by atoms with E-state index in [1.165, 1.54) is 0 Å². The summed E-state index contributed by atoms with van der Waals surface area (Å²) in [5, 5.41) is 11.6. The summed E-state index contributed by atoms with van der Waals surface area (Å²) in [5.74, 6) is 0.661. The number of nitrogens with one attached hydrogen (secondary N) is 1. The minimum atomic E-state index is -0.247. The first-order chi connectivity index (χ1) is 12.2. The molecule has 0 saturated carbocycles. The van der Waals surface area contributed by atoms with Crippen molar-refractivity contribution < 1.29 is 14.3 Å². The number of ether oxygens (including phenoxy) is 2. The fourth-order valence-electron chi connectivity index (χ4n) is 2.58. The van der Waals surface area contributed by atoms with Crippen molar-refractivity contribution in [1.29, 1.82) is 5.26 Å². The van der Waals surface area contributed by atoms with Crippen LogP contribution in [0.25, 0.3) is 0 Å². The van der Waals surface area contributed by atoms with Crippen LogP contribution in [0.3, 0.4) is 0 Å². The molecule has 0 radical (unpaired) electrons. The second kappa shape index (κ2) is 8.27. The van der Waals surface area contributed by atoms with Crippen molar-refractivity contribution in [3.8, 4) is 11.9 Å². The second-order valence-corrected chi connectivity index (χ2v) is 5.89. The zero-order chi connectivity index (χ0) is 17.5. The minimum absolute atomic E-state index is 0.247. The van der Waals surface area contributed by atoms with Crippen LogP contribution in [0.5, 0.6) is 5.88 Å². The SMILES string of the molecule is N#Cc1ccc(NC(=O)c2ccnc(OCC3CCOCC3)c2)cc1. The average Bonchev–Trinajstić information content (AvgIpc) is 2.68. The number of hydrogen-bond donors (Lipinski definition) is 1. The van der Waals surface area contributed by atoms with Gasteiger partial charge in [-0.1, -0.05) is 0 Å². The molecule has 6 heteroatoms. The van der Waals surface area contributed by atoms with Crippen molar-refractivity contribution in [2.24, 2.45) is 5.92 Å². The predicted molar refractivity (Wildman–Crippen MR) is 92.4 cm³/mol. The van der Waals surface area contributed by atoms with Crippen LogP contribution in [0.15, 0.2) is 42.6 Å². The van der Waals surface area contributed by atoms with Crippen molar-refractivity contribution in [3.05, 3.63) is 53.7 Å². The van der Waals surface area contributed by atoms with E-state index in [4.69, 9.17) is 14.7 Å². The molecular weight excluding hydrogens is 318 g/mol. The molecule has 0 aliphatic carbocycles. The molecule has 0 spiro atoms. The monoisotopic (exact) mass is 337 g/mol. The topological polar surface area (TPSA) is 84.2 Å². The van der Waals surface area contributed by atoms with Crippen LogP contribution in [0.1, 0.15) is 28.8 Å². The van der Waals surface area contributed by atoms with Crippen LogP contribution in [-0.2, 0) is 4.74 Å². The summed E-state index contributed by atoms with van der Waals surface area (Å²) < 4.78 is 11.1. The van der Waals surface area contributed by atoms with Gasteiger partial charge in [0, 0.05) is 36.7 Å². The fourth-order valence-corrected chi connectivity index (χ4v) is 2.58. The smallest absolute Gasteiger partial charge is 0.255 e. The van der Waals surface area contributed by atoms with E-state index in [0.29, 0.717) is 35.2 Å². The maximum absolute atomic E-state index is 12.4. The molecule has 25 heavy (non-hydrogen) atoms. The largest absolute Gasteiger partial charge is 0.477 e. The molecule has 0 bridgehead atoms. The van der Waals surface area contributed by atoms with E-state index in [1.807, 2.05) is 6.07 Å². The number of hydrogen-bond acceptors (Lipinski definition) is 5. The number of carbonyl (C=O) groups excluding carboxylic acids is 1. The van der Waals surface area contributed by atoms with E-state index in [2.05, 4.69) is 10.3 Å². The maximum Gasteiger partial charge on any atom is 0.255 e. The van der Waals surface area contributed by atoms with E-state index < -0.39 is 0 Å². The summed E-state index contributed by atoms with van der Waals surface area (Å²) >= 11 is 0. The number of rotatable bonds is 5. The lowest BCUT2D eigenvalue weighted by Crippen LogP contribution is -2.21. The zero-order valence-electron chi connectivity index (χ0n) is 13.8. The molecule has 1 aromatic heterocycles. The van der Waals surface area contributed by atoms with Crippen LogP contribution >= 0.6 is 0 Å². The van der Waals surface area contributed by atoms with Gasteiger partial charge in [-0.3, -0.25) is 4.79 Å². The van der Waals surface area contributed by atoms with E-state index in [0.717, 1.165) is 26.1 Å². The van der Waals surface area contributed by atoms with Gasteiger partial charge in [0.25, 0.3) is 5.91 Å². The van der Waals surface area contributed by atoms with Crippen LogP contribution in [0.4, 0.5) is 5.69 Å². The van der Waals surface area contributed by atoms with Crippen molar-refractivity contribution in [3.63, 3.8) is 0 Å². The highest BCUT2D eigenvalue weighted by Gasteiger charge is 2.15. The maximum atomic E-state index is 12.4. The molecule has 6 nitrogen and oxygen atoms in total. The highest BCUT2D eigenvalue weighted by Crippen LogP contribution is 2.18. The average molecular weight is 337 g/mol. The Labute approximate surface area is 146 Å². The first-order valence-corrected chi connectivity index (χ1v) is 8.23. The van der Waals surface area contributed by atoms with Gasteiger partial charge in [0.1, 0.15) is 0 Å². The number of anilines is 1. The van der Waals surface area contributed by atoms with Crippen molar-refractivity contribution in [1.82, 2.24) is 4.98 Å². The van der Waals surface area contributed by atoms with Gasteiger partial charge in [-0.15, -0.1) is 0 Å². The molecule has 2 aromatic rings. The summed E-state index contributed by atoms with van der Waals surface area (Å²) in [6.07, 6.45) is 3.53. The molecule has 1 saturated heterocycles. The first kappa shape index (κ1) is 16.9. The third-order valence-electron chi connectivity index (χ3n) is 4.08. The van der Waals surface area contributed by atoms with Crippen LogP contribution in [0, 0.1) is 17.2 Å². The lowest BCUT2D eigenvalue weighted by molar-refractivity contribution is 0.0490. The first-order valence-electron chi connectivity index (χ1n) is 8.23. The zero-order valence-corrected chi connectivity index (χ0v) is 13.8. The third kappa shape index (κ3) is 4.78. The Morgan fingerprint density at radius 2 is 2.04 bits per heavy atom. The lowest BCUT2D eigenvalue weighted by Gasteiger charge is -2.21. The number of pyridine rings is 1. The Kier molecular flexibility index (Phi) is 5.60. The molecule has 1 aliphatic heterocycles. The summed E-state index contributed by atoms with van der Waals surface area (Å²) in [6, 6.07) is 12.0. The molecular formula is C19H19N3O3. The Morgan fingerprint density at radius 3 is 2.76 bits per heavy atom. The molecule has 1 fully saturated rings. The van der Waals surface area contributed by atoms with Gasteiger partial charge in [-0.05, 0) is 49.1 Å². The minimum Gasteiger partial charge on any atom is -0.477 e. The number of carbonyl (C=O) groups is 1. The normalized spacial score (nSPS) is 14.5. The van der Waals surface area contributed by atoms with Gasteiger partial charge >= 0.3 is 0 Å². The van der Waals surface area contributed by atoms with Gasteiger partial charge in [0.05, 0.1) is 18.2 Å². The summed E-state index contributed by atoms with van der Waals surface area (Å²) in [5.41, 5.74) is 1.65. The van der Waals surface area contributed by atoms with Crippen LogP contribution in [0.2, 0.25) is 0 Å². The predicted octanol–water partition coefficient (Wildman–Crippen LogP) is 3.01. The molecule has 2 heterocycles. The quantitative estimate of drug-likeness (QED) is 0.906. The number of amides is 1.